The molecule has 4 N–H and O–H groups in total. The molecule has 1 unspecified atom stereocenters. The molecule has 1 aromatic carbocycles. The van der Waals surface area contributed by atoms with Crippen LogP contribution < -0.4 is 11.5 Å². The van der Waals surface area contributed by atoms with Gasteiger partial charge < -0.3 is 11.5 Å². The Bertz CT molecular complexity index is 311. The molecule has 13 heavy (non-hydrogen) atoms. The lowest BCUT2D eigenvalue weighted by molar-refractivity contribution is 0.738. The van der Waals surface area contributed by atoms with E-state index in [1.54, 1.807) is 6.07 Å². The summed E-state index contributed by atoms with van der Waals surface area (Å²) in [5.74, 6) is 0. The van der Waals surface area contributed by atoms with Crippen LogP contribution in [0.2, 0.25) is 10.0 Å². The molecule has 0 amide bonds. The summed E-state index contributed by atoms with van der Waals surface area (Å²) in [5.41, 5.74) is 12.7. The minimum Gasteiger partial charge on any atom is -0.397 e. The van der Waals surface area contributed by atoms with E-state index in [0.29, 0.717) is 22.2 Å². The van der Waals surface area contributed by atoms with Crippen LogP contribution in [0.25, 0.3) is 0 Å². The second-order valence-corrected chi connectivity index (χ2v) is 3.88. The van der Waals surface area contributed by atoms with Gasteiger partial charge in [0, 0.05) is 6.04 Å². The molecule has 0 saturated carbocycles. The van der Waals surface area contributed by atoms with Crippen LogP contribution in [0.1, 0.15) is 12.5 Å². The molecular weight excluding hydrogens is 207 g/mol. The van der Waals surface area contributed by atoms with Gasteiger partial charge in [0.1, 0.15) is 0 Å². The van der Waals surface area contributed by atoms with Crippen molar-refractivity contribution in [3.63, 3.8) is 0 Å². The number of hydrogen-bond acceptors (Lipinski definition) is 2. The summed E-state index contributed by atoms with van der Waals surface area (Å²) in [6, 6.07) is 3.66. The first-order valence-electron chi connectivity index (χ1n) is 4.00. The third-order valence-electron chi connectivity index (χ3n) is 1.73. The van der Waals surface area contributed by atoms with E-state index in [1.807, 2.05) is 13.0 Å². The zero-order valence-electron chi connectivity index (χ0n) is 7.35. The highest BCUT2D eigenvalue weighted by Gasteiger charge is 2.08. The fourth-order valence-electron chi connectivity index (χ4n) is 1.11. The third-order valence-corrected chi connectivity index (χ3v) is 2.67. The summed E-state index contributed by atoms with van der Waals surface area (Å²) in [5, 5.41) is 0.929. The molecule has 72 valence electrons. The molecule has 0 saturated heterocycles. The van der Waals surface area contributed by atoms with Gasteiger partial charge in [-0.1, -0.05) is 29.3 Å². The van der Waals surface area contributed by atoms with Crippen LogP contribution in [0.5, 0.6) is 0 Å². The normalized spacial score (nSPS) is 12.9. The van der Waals surface area contributed by atoms with Crippen LogP contribution in [0.4, 0.5) is 5.69 Å². The van der Waals surface area contributed by atoms with Crippen LogP contribution in [-0.2, 0) is 6.42 Å². The monoisotopic (exact) mass is 218 g/mol. The number of hydrogen-bond donors (Lipinski definition) is 2. The molecule has 1 aromatic rings. The number of halogens is 2. The van der Waals surface area contributed by atoms with Gasteiger partial charge in [0.15, 0.2) is 0 Å². The van der Waals surface area contributed by atoms with Gasteiger partial charge in [0.05, 0.1) is 15.7 Å². The quantitative estimate of drug-likeness (QED) is 0.750. The Labute approximate surface area is 87.8 Å². The van der Waals surface area contributed by atoms with E-state index in [4.69, 9.17) is 34.7 Å². The van der Waals surface area contributed by atoms with Crippen LogP contribution in [0, 0.1) is 0 Å². The Morgan fingerprint density at radius 3 is 2.46 bits per heavy atom. The Balaban J connectivity index is 3.04. The summed E-state index contributed by atoms with van der Waals surface area (Å²) in [4.78, 5) is 0. The van der Waals surface area contributed by atoms with E-state index in [1.165, 1.54) is 0 Å². The first-order valence-corrected chi connectivity index (χ1v) is 4.76. The molecule has 0 bridgehead atoms. The average molecular weight is 219 g/mol. The van der Waals surface area contributed by atoms with Crippen molar-refractivity contribution in [1.82, 2.24) is 0 Å². The molecule has 1 rings (SSSR count). The Morgan fingerprint density at radius 1 is 1.31 bits per heavy atom. The fourth-order valence-corrected chi connectivity index (χ4v) is 1.54. The van der Waals surface area contributed by atoms with E-state index in [-0.39, 0.29) is 6.04 Å². The second-order valence-electron chi connectivity index (χ2n) is 3.12. The molecule has 1 atom stereocenters. The predicted molar refractivity (Wildman–Crippen MR) is 58.2 cm³/mol. The lowest BCUT2D eigenvalue weighted by atomic mass is 10.1. The molecule has 0 fully saturated rings. The number of nitrogen functional groups attached to an aromatic ring is 1. The average Bonchev–Trinajstić information content (AvgIpc) is 2.06. The van der Waals surface area contributed by atoms with Crippen molar-refractivity contribution in [1.29, 1.82) is 0 Å². The first-order chi connectivity index (χ1) is 6.02. The molecule has 0 aromatic heterocycles. The van der Waals surface area contributed by atoms with E-state index >= 15 is 0 Å². The second kappa shape index (κ2) is 4.18. The van der Waals surface area contributed by atoms with Gasteiger partial charge >= 0.3 is 0 Å². The van der Waals surface area contributed by atoms with Crippen molar-refractivity contribution in [2.45, 2.75) is 19.4 Å². The van der Waals surface area contributed by atoms with Crippen molar-refractivity contribution in [2.75, 3.05) is 5.73 Å². The largest absolute Gasteiger partial charge is 0.397 e. The summed E-state index contributed by atoms with van der Waals surface area (Å²) in [6.07, 6.45) is 0.707. The summed E-state index contributed by atoms with van der Waals surface area (Å²) in [7, 11) is 0. The fraction of sp³-hybridized carbons (Fsp3) is 0.333. The maximum atomic E-state index is 5.98. The Morgan fingerprint density at radius 2 is 1.92 bits per heavy atom. The highest BCUT2D eigenvalue weighted by atomic mass is 35.5. The molecule has 0 heterocycles. The molecular formula is C9H12Cl2N2. The van der Waals surface area contributed by atoms with Crippen molar-refractivity contribution >= 4 is 28.9 Å². The van der Waals surface area contributed by atoms with Crippen LogP contribution >= 0.6 is 23.2 Å². The number of rotatable bonds is 2. The SMILES string of the molecule is CC(N)Cc1ccc(N)c(Cl)c1Cl. The van der Waals surface area contributed by atoms with Crippen molar-refractivity contribution < 1.29 is 0 Å². The number of anilines is 1. The van der Waals surface area contributed by atoms with Gasteiger partial charge in [-0.25, -0.2) is 0 Å². The van der Waals surface area contributed by atoms with E-state index < -0.39 is 0 Å². The predicted octanol–water partition coefficient (Wildman–Crippen LogP) is 2.47. The van der Waals surface area contributed by atoms with Crippen LogP contribution in [-0.4, -0.2) is 6.04 Å². The summed E-state index contributed by atoms with van der Waals surface area (Å²) in [6.45, 7) is 1.92. The van der Waals surface area contributed by atoms with Gasteiger partial charge in [-0.3, -0.25) is 0 Å². The summed E-state index contributed by atoms with van der Waals surface area (Å²) < 4.78 is 0. The highest BCUT2D eigenvalue weighted by molar-refractivity contribution is 6.44. The number of nitrogens with two attached hydrogens (primary N) is 2. The van der Waals surface area contributed by atoms with Crippen LogP contribution in [0.3, 0.4) is 0 Å². The van der Waals surface area contributed by atoms with E-state index in [9.17, 15) is 0 Å². The Kier molecular flexibility index (Phi) is 3.42. The van der Waals surface area contributed by atoms with Crippen LogP contribution in [0.15, 0.2) is 12.1 Å². The van der Waals surface area contributed by atoms with E-state index in [0.717, 1.165) is 5.56 Å². The molecule has 4 heteroatoms. The Hall–Kier alpha value is -0.440. The van der Waals surface area contributed by atoms with Gasteiger partial charge in [-0.05, 0) is 25.0 Å². The maximum Gasteiger partial charge on any atom is 0.0824 e. The number of benzene rings is 1. The van der Waals surface area contributed by atoms with Gasteiger partial charge in [0.25, 0.3) is 0 Å². The topological polar surface area (TPSA) is 52.0 Å². The van der Waals surface area contributed by atoms with Gasteiger partial charge in [-0.2, -0.15) is 0 Å². The van der Waals surface area contributed by atoms with E-state index in [2.05, 4.69) is 0 Å². The smallest absolute Gasteiger partial charge is 0.0824 e. The highest BCUT2D eigenvalue weighted by Crippen LogP contribution is 2.31. The lowest BCUT2D eigenvalue weighted by Crippen LogP contribution is -2.18. The minimum atomic E-state index is 0.0668. The van der Waals surface area contributed by atoms with Gasteiger partial charge in [-0.15, -0.1) is 0 Å². The molecule has 2 nitrogen and oxygen atoms in total. The third kappa shape index (κ3) is 2.50. The summed E-state index contributed by atoms with van der Waals surface area (Å²) >= 11 is 11.8. The molecule has 0 aliphatic heterocycles. The first kappa shape index (κ1) is 10.6. The molecule has 0 aliphatic carbocycles. The molecule has 0 radical (unpaired) electrons. The standard InChI is InChI=1S/C9H12Cl2N2/c1-5(12)4-6-2-3-7(13)9(11)8(6)10/h2-3,5H,4,12-13H2,1H3. The zero-order valence-corrected chi connectivity index (χ0v) is 8.86. The van der Waals surface area contributed by atoms with Gasteiger partial charge in [0.2, 0.25) is 0 Å². The van der Waals surface area contributed by atoms with Crippen molar-refractivity contribution in [2.24, 2.45) is 5.73 Å². The maximum absolute atomic E-state index is 5.98. The van der Waals surface area contributed by atoms with Crippen molar-refractivity contribution in [3.05, 3.63) is 27.7 Å². The van der Waals surface area contributed by atoms with Crippen molar-refractivity contribution in [3.8, 4) is 0 Å². The zero-order chi connectivity index (χ0) is 10.0. The molecule has 0 spiro atoms. The molecule has 0 aliphatic rings. The lowest BCUT2D eigenvalue weighted by Gasteiger charge is -2.09. The minimum absolute atomic E-state index is 0.0668.